The number of carbonyl (C=O) groups is 1. The number of anilines is 1. The molecule has 0 saturated heterocycles. The Morgan fingerprint density at radius 2 is 2.20 bits per heavy atom. The van der Waals surface area contributed by atoms with Crippen LogP contribution in [0.2, 0.25) is 5.02 Å². The number of amides is 1. The molecule has 0 aliphatic rings. The van der Waals surface area contributed by atoms with E-state index in [0.717, 1.165) is 5.56 Å². The predicted octanol–water partition coefficient (Wildman–Crippen LogP) is 3.22. The molecule has 1 heterocycles. The Bertz CT molecular complexity index is 601. The van der Waals surface area contributed by atoms with Gasteiger partial charge in [-0.05, 0) is 31.4 Å². The van der Waals surface area contributed by atoms with Gasteiger partial charge in [-0.1, -0.05) is 29.8 Å². The minimum atomic E-state index is -0.276. The molecule has 1 N–H and O–H groups in total. The van der Waals surface area contributed by atoms with Crippen molar-refractivity contribution < 1.29 is 9.53 Å². The molecule has 0 fully saturated rings. The Labute approximate surface area is 126 Å². The molecule has 0 spiro atoms. The predicted molar refractivity (Wildman–Crippen MR) is 80.1 cm³/mol. The van der Waals surface area contributed by atoms with Gasteiger partial charge in [0.1, 0.15) is 11.6 Å². The molecule has 0 saturated carbocycles. The Balaban J connectivity index is 2.03. The third kappa shape index (κ3) is 4.00. The molecule has 2 aromatic rings. The first-order chi connectivity index (χ1) is 9.56. The lowest BCUT2D eigenvalue weighted by molar-refractivity contribution is -0.122. The minimum absolute atomic E-state index is 0.00262. The van der Waals surface area contributed by atoms with Gasteiger partial charge in [-0.3, -0.25) is 10.1 Å². The number of hydrogen-bond donors (Lipinski definition) is 1. The van der Waals surface area contributed by atoms with E-state index < -0.39 is 0 Å². The SMILES string of the molecule is CC(C)OCC(=O)Nc1nsc(-c2ccccc2Cl)n1. The van der Waals surface area contributed by atoms with E-state index in [4.69, 9.17) is 16.3 Å². The van der Waals surface area contributed by atoms with Crippen LogP contribution >= 0.6 is 23.1 Å². The van der Waals surface area contributed by atoms with Crippen LogP contribution in [0.25, 0.3) is 10.6 Å². The van der Waals surface area contributed by atoms with Crippen molar-refractivity contribution in [1.29, 1.82) is 0 Å². The van der Waals surface area contributed by atoms with Crippen molar-refractivity contribution in [3.05, 3.63) is 29.3 Å². The zero-order valence-corrected chi connectivity index (χ0v) is 12.7. The van der Waals surface area contributed by atoms with Crippen LogP contribution in [0.1, 0.15) is 13.8 Å². The summed E-state index contributed by atoms with van der Waals surface area (Å²) in [6.07, 6.45) is 0.00262. The first kappa shape index (κ1) is 14.9. The van der Waals surface area contributed by atoms with Gasteiger partial charge in [0.15, 0.2) is 0 Å². The molecule has 20 heavy (non-hydrogen) atoms. The van der Waals surface area contributed by atoms with Crippen LogP contribution in [0.15, 0.2) is 24.3 Å². The zero-order chi connectivity index (χ0) is 14.5. The lowest BCUT2D eigenvalue weighted by Gasteiger charge is -2.05. The zero-order valence-electron chi connectivity index (χ0n) is 11.1. The van der Waals surface area contributed by atoms with E-state index in [0.29, 0.717) is 10.0 Å². The molecule has 5 nitrogen and oxygen atoms in total. The number of nitrogens with zero attached hydrogens (tertiary/aromatic N) is 2. The average molecular weight is 312 g/mol. The van der Waals surface area contributed by atoms with Gasteiger partial charge in [0.05, 0.1) is 11.1 Å². The quantitative estimate of drug-likeness (QED) is 0.921. The molecular weight excluding hydrogens is 298 g/mol. The summed E-state index contributed by atoms with van der Waals surface area (Å²) in [5.74, 6) is -0.00974. The van der Waals surface area contributed by atoms with Crippen molar-refractivity contribution >= 4 is 35.0 Å². The topological polar surface area (TPSA) is 64.1 Å². The Kier molecular flexibility index (Phi) is 5.05. The molecule has 2 rings (SSSR count). The van der Waals surface area contributed by atoms with E-state index in [1.54, 1.807) is 6.07 Å². The highest BCUT2D eigenvalue weighted by Crippen LogP contribution is 2.29. The van der Waals surface area contributed by atoms with E-state index in [1.807, 2.05) is 32.0 Å². The van der Waals surface area contributed by atoms with Crippen molar-refractivity contribution in [2.75, 3.05) is 11.9 Å². The lowest BCUT2D eigenvalue weighted by Crippen LogP contribution is -2.21. The summed E-state index contributed by atoms with van der Waals surface area (Å²) in [6, 6.07) is 7.36. The Morgan fingerprint density at radius 3 is 2.90 bits per heavy atom. The third-order valence-electron chi connectivity index (χ3n) is 2.33. The summed E-state index contributed by atoms with van der Waals surface area (Å²) < 4.78 is 9.29. The van der Waals surface area contributed by atoms with Gasteiger partial charge in [0, 0.05) is 5.56 Å². The largest absolute Gasteiger partial charge is 0.369 e. The highest BCUT2D eigenvalue weighted by Gasteiger charge is 2.12. The molecule has 7 heteroatoms. The monoisotopic (exact) mass is 311 g/mol. The number of benzene rings is 1. The van der Waals surface area contributed by atoms with Crippen LogP contribution in [0.4, 0.5) is 5.95 Å². The van der Waals surface area contributed by atoms with Gasteiger partial charge in [-0.25, -0.2) is 0 Å². The van der Waals surface area contributed by atoms with Crippen molar-refractivity contribution in [1.82, 2.24) is 9.36 Å². The van der Waals surface area contributed by atoms with Gasteiger partial charge in [-0.2, -0.15) is 9.36 Å². The maximum Gasteiger partial charge on any atom is 0.252 e. The summed E-state index contributed by atoms with van der Waals surface area (Å²) in [5, 5.41) is 3.85. The Hall–Kier alpha value is -1.50. The number of halogens is 1. The van der Waals surface area contributed by atoms with Crippen molar-refractivity contribution in [3.63, 3.8) is 0 Å². The van der Waals surface area contributed by atoms with Gasteiger partial charge < -0.3 is 4.74 Å². The van der Waals surface area contributed by atoms with E-state index in [2.05, 4.69) is 14.7 Å². The van der Waals surface area contributed by atoms with Gasteiger partial charge in [0.25, 0.3) is 5.91 Å². The highest BCUT2D eigenvalue weighted by atomic mass is 35.5. The van der Waals surface area contributed by atoms with Gasteiger partial charge >= 0.3 is 0 Å². The number of ether oxygens (including phenoxy) is 1. The lowest BCUT2D eigenvalue weighted by atomic mass is 10.2. The van der Waals surface area contributed by atoms with E-state index in [1.165, 1.54) is 11.5 Å². The smallest absolute Gasteiger partial charge is 0.252 e. The summed E-state index contributed by atoms with van der Waals surface area (Å²) in [6.45, 7) is 3.71. The fourth-order valence-corrected chi connectivity index (χ4v) is 2.37. The first-order valence-corrected chi connectivity index (χ1v) is 7.21. The van der Waals surface area contributed by atoms with E-state index >= 15 is 0 Å². The molecule has 0 bridgehead atoms. The summed E-state index contributed by atoms with van der Waals surface area (Å²) in [4.78, 5) is 15.8. The second kappa shape index (κ2) is 6.78. The maximum absolute atomic E-state index is 11.6. The number of aromatic nitrogens is 2. The molecular formula is C13H14ClN3O2S. The van der Waals surface area contributed by atoms with E-state index in [-0.39, 0.29) is 24.6 Å². The van der Waals surface area contributed by atoms with Crippen LogP contribution < -0.4 is 5.32 Å². The van der Waals surface area contributed by atoms with Crippen molar-refractivity contribution in [2.45, 2.75) is 20.0 Å². The highest BCUT2D eigenvalue weighted by molar-refractivity contribution is 7.09. The standard InChI is InChI=1S/C13H14ClN3O2S/c1-8(2)19-7-11(18)15-13-16-12(20-17-13)9-5-3-4-6-10(9)14/h3-6,8H,7H2,1-2H3,(H,15,17,18). The van der Waals surface area contributed by atoms with Gasteiger partial charge in [-0.15, -0.1) is 0 Å². The van der Waals surface area contributed by atoms with E-state index in [9.17, 15) is 4.79 Å². The average Bonchev–Trinajstić information content (AvgIpc) is 2.85. The molecule has 0 aliphatic heterocycles. The van der Waals surface area contributed by atoms with Crippen molar-refractivity contribution in [3.8, 4) is 10.6 Å². The molecule has 1 aromatic carbocycles. The molecule has 0 unspecified atom stereocenters. The first-order valence-electron chi connectivity index (χ1n) is 6.06. The molecule has 1 aromatic heterocycles. The van der Waals surface area contributed by atoms with Crippen LogP contribution in [-0.4, -0.2) is 28.0 Å². The minimum Gasteiger partial charge on any atom is -0.369 e. The number of nitrogens with one attached hydrogen (secondary N) is 1. The second-order valence-electron chi connectivity index (χ2n) is 4.31. The third-order valence-corrected chi connectivity index (χ3v) is 3.41. The van der Waals surface area contributed by atoms with Crippen LogP contribution in [-0.2, 0) is 9.53 Å². The molecule has 0 radical (unpaired) electrons. The Morgan fingerprint density at radius 1 is 1.45 bits per heavy atom. The number of hydrogen-bond acceptors (Lipinski definition) is 5. The van der Waals surface area contributed by atoms with Gasteiger partial charge in [0.2, 0.25) is 5.95 Å². The van der Waals surface area contributed by atoms with Crippen LogP contribution in [0.3, 0.4) is 0 Å². The number of carbonyl (C=O) groups excluding carboxylic acids is 1. The number of rotatable bonds is 5. The molecule has 0 atom stereocenters. The summed E-state index contributed by atoms with van der Waals surface area (Å²) in [5.41, 5.74) is 0.797. The second-order valence-corrected chi connectivity index (χ2v) is 5.47. The van der Waals surface area contributed by atoms with Crippen LogP contribution in [0, 0.1) is 0 Å². The molecule has 0 aliphatic carbocycles. The summed E-state index contributed by atoms with van der Waals surface area (Å²) >= 11 is 7.27. The maximum atomic E-state index is 11.6. The molecule has 1 amide bonds. The summed E-state index contributed by atoms with van der Waals surface area (Å²) in [7, 11) is 0. The van der Waals surface area contributed by atoms with Crippen LogP contribution in [0.5, 0.6) is 0 Å². The van der Waals surface area contributed by atoms with Crippen molar-refractivity contribution in [2.24, 2.45) is 0 Å². The fourth-order valence-electron chi connectivity index (χ4n) is 1.42. The molecule has 106 valence electrons. The fraction of sp³-hybridized carbons (Fsp3) is 0.308. The normalized spacial score (nSPS) is 10.8.